The molecular weight excluding hydrogens is 250 g/mol. The van der Waals surface area contributed by atoms with E-state index in [2.05, 4.69) is 9.97 Å². The van der Waals surface area contributed by atoms with Crippen LogP contribution in [-0.2, 0) is 6.54 Å². The van der Waals surface area contributed by atoms with Gasteiger partial charge in [-0.2, -0.15) is 0 Å². The number of aromatic amines is 1. The highest BCUT2D eigenvalue weighted by atomic mass is 16.5. The van der Waals surface area contributed by atoms with E-state index in [0.29, 0.717) is 6.54 Å². The molecule has 3 N–H and O–H groups in total. The van der Waals surface area contributed by atoms with E-state index in [1.165, 1.54) is 0 Å². The molecule has 20 heavy (non-hydrogen) atoms. The molecule has 0 bridgehead atoms. The lowest BCUT2D eigenvalue weighted by Gasteiger charge is -2.05. The van der Waals surface area contributed by atoms with Crippen LogP contribution >= 0.6 is 0 Å². The summed E-state index contributed by atoms with van der Waals surface area (Å²) in [6.07, 6.45) is 0. The fourth-order valence-electron chi connectivity index (χ4n) is 2.36. The van der Waals surface area contributed by atoms with Crippen molar-refractivity contribution in [3.05, 3.63) is 47.5 Å². The van der Waals surface area contributed by atoms with Crippen LogP contribution in [0.15, 0.2) is 36.4 Å². The summed E-state index contributed by atoms with van der Waals surface area (Å²) in [6, 6.07) is 12.1. The molecule has 0 saturated heterocycles. The van der Waals surface area contributed by atoms with Gasteiger partial charge in [-0.05, 0) is 30.2 Å². The quantitative estimate of drug-likeness (QED) is 0.766. The van der Waals surface area contributed by atoms with Gasteiger partial charge in [0.25, 0.3) is 0 Å². The Morgan fingerprint density at radius 1 is 1.25 bits per heavy atom. The number of nitrogens with one attached hydrogen (secondary N) is 1. The van der Waals surface area contributed by atoms with E-state index in [-0.39, 0.29) is 0 Å². The molecule has 0 spiro atoms. The standard InChI is InChI=1S/C16H17N3O/c1-10-6-7-11(8-14(10)20-2)16-18-13-5-3-4-12(9-17)15(13)19-16/h3-8H,9,17H2,1-2H3,(H,18,19). The lowest BCUT2D eigenvalue weighted by molar-refractivity contribution is 0.412. The van der Waals surface area contributed by atoms with Gasteiger partial charge in [-0.3, -0.25) is 0 Å². The molecule has 0 unspecified atom stereocenters. The van der Waals surface area contributed by atoms with Crippen LogP contribution < -0.4 is 10.5 Å². The number of methoxy groups -OCH3 is 1. The van der Waals surface area contributed by atoms with Crippen LogP contribution in [0.5, 0.6) is 5.75 Å². The first-order valence-electron chi connectivity index (χ1n) is 6.55. The van der Waals surface area contributed by atoms with Crippen LogP contribution in [0.25, 0.3) is 22.4 Å². The number of para-hydroxylation sites is 1. The van der Waals surface area contributed by atoms with Gasteiger partial charge in [-0.15, -0.1) is 0 Å². The number of nitrogens with two attached hydrogens (primary N) is 1. The third-order valence-electron chi connectivity index (χ3n) is 3.50. The molecule has 0 fully saturated rings. The molecule has 1 aromatic heterocycles. The third-order valence-corrected chi connectivity index (χ3v) is 3.50. The van der Waals surface area contributed by atoms with E-state index in [1.54, 1.807) is 7.11 Å². The molecule has 3 rings (SSSR count). The van der Waals surface area contributed by atoms with Gasteiger partial charge in [0.15, 0.2) is 0 Å². The minimum absolute atomic E-state index is 0.485. The molecule has 0 aliphatic carbocycles. The van der Waals surface area contributed by atoms with Crippen molar-refractivity contribution < 1.29 is 4.74 Å². The highest BCUT2D eigenvalue weighted by Crippen LogP contribution is 2.27. The molecule has 0 aliphatic heterocycles. The highest BCUT2D eigenvalue weighted by Gasteiger charge is 2.09. The number of H-pyrrole nitrogens is 1. The van der Waals surface area contributed by atoms with Crippen molar-refractivity contribution in [2.75, 3.05) is 7.11 Å². The number of benzene rings is 2. The van der Waals surface area contributed by atoms with Crippen molar-refractivity contribution in [3.8, 4) is 17.1 Å². The number of imidazole rings is 1. The topological polar surface area (TPSA) is 63.9 Å². The fourth-order valence-corrected chi connectivity index (χ4v) is 2.36. The monoisotopic (exact) mass is 267 g/mol. The van der Waals surface area contributed by atoms with Crippen LogP contribution in [0, 0.1) is 6.92 Å². The zero-order valence-electron chi connectivity index (χ0n) is 11.6. The molecular formula is C16H17N3O. The average Bonchev–Trinajstić information content (AvgIpc) is 2.91. The molecule has 0 amide bonds. The van der Waals surface area contributed by atoms with Crippen molar-refractivity contribution in [1.29, 1.82) is 0 Å². The summed E-state index contributed by atoms with van der Waals surface area (Å²) in [4.78, 5) is 8.00. The van der Waals surface area contributed by atoms with Gasteiger partial charge >= 0.3 is 0 Å². The van der Waals surface area contributed by atoms with Crippen molar-refractivity contribution >= 4 is 11.0 Å². The van der Waals surface area contributed by atoms with Gasteiger partial charge in [0.2, 0.25) is 0 Å². The maximum Gasteiger partial charge on any atom is 0.138 e. The average molecular weight is 267 g/mol. The van der Waals surface area contributed by atoms with E-state index >= 15 is 0 Å². The van der Waals surface area contributed by atoms with Gasteiger partial charge in [-0.25, -0.2) is 4.98 Å². The van der Waals surface area contributed by atoms with Crippen molar-refractivity contribution in [2.45, 2.75) is 13.5 Å². The molecule has 1 heterocycles. The second-order valence-electron chi connectivity index (χ2n) is 4.79. The van der Waals surface area contributed by atoms with Crippen LogP contribution in [0.4, 0.5) is 0 Å². The predicted octanol–water partition coefficient (Wildman–Crippen LogP) is 3.01. The van der Waals surface area contributed by atoms with Crippen LogP contribution in [0.3, 0.4) is 0 Å². The number of fused-ring (bicyclic) bond motifs is 1. The molecule has 0 aliphatic rings. The summed E-state index contributed by atoms with van der Waals surface area (Å²) in [6.45, 7) is 2.51. The first-order chi connectivity index (χ1) is 9.72. The zero-order chi connectivity index (χ0) is 14.1. The van der Waals surface area contributed by atoms with E-state index in [0.717, 1.165) is 39.3 Å². The molecule has 4 nitrogen and oxygen atoms in total. The summed E-state index contributed by atoms with van der Waals surface area (Å²) < 4.78 is 5.36. The highest BCUT2D eigenvalue weighted by molar-refractivity contribution is 5.82. The van der Waals surface area contributed by atoms with E-state index in [1.807, 2.05) is 43.3 Å². The Labute approximate surface area is 117 Å². The lowest BCUT2D eigenvalue weighted by atomic mass is 10.1. The van der Waals surface area contributed by atoms with Gasteiger partial charge in [0.05, 0.1) is 18.1 Å². The number of hydrogen-bond acceptors (Lipinski definition) is 3. The lowest BCUT2D eigenvalue weighted by Crippen LogP contribution is -1.96. The number of ether oxygens (including phenoxy) is 1. The van der Waals surface area contributed by atoms with Crippen molar-refractivity contribution in [3.63, 3.8) is 0 Å². The number of rotatable bonds is 3. The normalized spacial score (nSPS) is 10.9. The Kier molecular flexibility index (Phi) is 3.16. The van der Waals surface area contributed by atoms with Gasteiger partial charge < -0.3 is 15.5 Å². The minimum Gasteiger partial charge on any atom is -0.496 e. The minimum atomic E-state index is 0.485. The molecule has 2 aromatic carbocycles. The number of aryl methyl sites for hydroxylation is 1. The smallest absolute Gasteiger partial charge is 0.138 e. The van der Waals surface area contributed by atoms with E-state index in [9.17, 15) is 0 Å². The zero-order valence-corrected chi connectivity index (χ0v) is 11.6. The van der Waals surface area contributed by atoms with Crippen molar-refractivity contribution in [1.82, 2.24) is 9.97 Å². The number of hydrogen-bond donors (Lipinski definition) is 2. The maximum absolute atomic E-state index is 5.76. The molecule has 0 atom stereocenters. The molecule has 0 saturated carbocycles. The summed E-state index contributed by atoms with van der Waals surface area (Å²) in [5.74, 6) is 1.70. The Balaban J connectivity index is 2.15. The molecule has 0 radical (unpaired) electrons. The van der Waals surface area contributed by atoms with E-state index in [4.69, 9.17) is 10.5 Å². The SMILES string of the molecule is COc1cc(-c2nc3c(CN)cccc3[nH]2)ccc1C. The van der Waals surface area contributed by atoms with Crippen LogP contribution in [0.2, 0.25) is 0 Å². The first kappa shape index (κ1) is 12.7. The largest absolute Gasteiger partial charge is 0.496 e. The summed E-state index contributed by atoms with van der Waals surface area (Å²) >= 11 is 0. The van der Waals surface area contributed by atoms with Gasteiger partial charge in [0, 0.05) is 12.1 Å². The number of aromatic nitrogens is 2. The van der Waals surface area contributed by atoms with Crippen LogP contribution in [0.1, 0.15) is 11.1 Å². The first-order valence-corrected chi connectivity index (χ1v) is 6.55. The second-order valence-corrected chi connectivity index (χ2v) is 4.79. The van der Waals surface area contributed by atoms with Gasteiger partial charge in [0.1, 0.15) is 11.6 Å². The van der Waals surface area contributed by atoms with Crippen molar-refractivity contribution in [2.24, 2.45) is 5.73 Å². The Morgan fingerprint density at radius 2 is 2.10 bits per heavy atom. The number of nitrogens with zero attached hydrogens (tertiary/aromatic N) is 1. The van der Waals surface area contributed by atoms with Gasteiger partial charge in [-0.1, -0.05) is 24.3 Å². The molecule has 102 valence electrons. The Morgan fingerprint density at radius 3 is 2.85 bits per heavy atom. The van der Waals surface area contributed by atoms with E-state index < -0.39 is 0 Å². The summed E-state index contributed by atoms with van der Waals surface area (Å²) in [5, 5.41) is 0. The molecule has 4 heteroatoms. The van der Waals surface area contributed by atoms with Crippen LogP contribution in [-0.4, -0.2) is 17.1 Å². The summed E-state index contributed by atoms with van der Waals surface area (Å²) in [7, 11) is 1.68. The third kappa shape index (κ3) is 2.04. The second kappa shape index (κ2) is 4.98. The Bertz CT molecular complexity index is 762. The Hall–Kier alpha value is -2.33. The molecule has 3 aromatic rings. The maximum atomic E-state index is 5.76. The predicted molar refractivity (Wildman–Crippen MR) is 80.7 cm³/mol. The summed E-state index contributed by atoms with van der Waals surface area (Å²) in [5.41, 5.74) is 10.9. The fraction of sp³-hybridized carbons (Fsp3) is 0.188.